The van der Waals surface area contributed by atoms with Crippen molar-refractivity contribution >= 4 is 11.9 Å². The molecule has 0 N–H and O–H groups in total. The molecule has 1 saturated heterocycles. The van der Waals surface area contributed by atoms with E-state index >= 15 is 0 Å². The summed E-state index contributed by atoms with van der Waals surface area (Å²) in [6.07, 6.45) is 2.90. The van der Waals surface area contributed by atoms with E-state index in [-0.39, 0.29) is 29.4 Å². The molecule has 2 saturated carbocycles. The van der Waals surface area contributed by atoms with E-state index in [0.717, 1.165) is 24.8 Å². The van der Waals surface area contributed by atoms with Crippen LogP contribution in [0.2, 0.25) is 0 Å². The fourth-order valence-electron chi connectivity index (χ4n) is 5.28. The van der Waals surface area contributed by atoms with Gasteiger partial charge in [-0.15, -0.1) is 0 Å². The van der Waals surface area contributed by atoms with Gasteiger partial charge in [0, 0.05) is 29.2 Å². The maximum atomic E-state index is 12.1. The Morgan fingerprint density at radius 3 is 2.52 bits per heavy atom. The molecular weight excluding hydrogens is 292 g/mol. The SMILES string of the molecule is C=C1C(=O)OC2[C@H]1CC[C@@](C)(OC(C)=O)[C@]1(C)CCC(=C)[C@]21C. The van der Waals surface area contributed by atoms with E-state index in [2.05, 4.69) is 27.0 Å². The minimum absolute atomic E-state index is 0.0286. The lowest BCUT2D eigenvalue weighted by atomic mass is 9.56. The Balaban J connectivity index is 2.17. The lowest BCUT2D eigenvalue weighted by Crippen LogP contribution is -2.56. The third-order valence-corrected chi connectivity index (χ3v) is 7.15. The second kappa shape index (κ2) is 4.71. The van der Waals surface area contributed by atoms with Gasteiger partial charge in [-0.05, 0) is 32.6 Å². The predicted molar refractivity (Wildman–Crippen MR) is 86.5 cm³/mol. The first kappa shape index (κ1) is 16.3. The van der Waals surface area contributed by atoms with Crippen LogP contribution in [0.3, 0.4) is 0 Å². The van der Waals surface area contributed by atoms with Gasteiger partial charge in [0.2, 0.25) is 0 Å². The zero-order chi connectivity index (χ0) is 17.2. The highest BCUT2D eigenvalue weighted by Crippen LogP contribution is 2.68. The number of rotatable bonds is 1. The topological polar surface area (TPSA) is 52.6 Å². The standard InChI is InChI=1S/C19H26O4/c1-11-7-9-17(4)18(5,23-13(3)20)10-8-14-12(2)16(21)22-15(14)19(11,17)6/h14-15H,1-2,7-10H2,3-6H3/t14-,15?,17-,18+,19+/m0/s1. The van der Waals surface area contributed by atoms with E-state index in [9.17, 15) is 9.59 Å². The lowest BCUT2D eigenvalue weighted by Gasteiger charge is -2.52. The molecule has 5 atom stereocenters. The number of hydrogen-bond acceptors (Lipinski definition) is 4. The van der Waals surface area contributed by atoms with Crippen molar-refractivity contribution in [2.75, 3.05) is 0 Å². The Morgan fingerprint density at radius 2 is 1.91 bits per heavy atom. The molecule has 3 aliphatic rings. The normalized spacial score (nSPS) is 46.0. The van der Waals surface area contributed by atoms with Gasteiger partial charge in [0.05, 0.1) is 0 Å². The molecule has 0 aromatic carbocycles. The highest BCUT2D eigenvalue weighted by molar-refractivity contribution is 5.91. The minimum atomic E-state index is -0.607. The average molecular weight is 318 g/mol. The molecule has 0 aromatic heterocycles. The van der Waals surface area contributed by atoms with Crippen LogP contribution in [-0.2, 0) is 19.1 Å². The highest BCUT2D eigenvalue weighted by Gasteiger charge is 2.69. The molecule has 0 radical (unpaired) electrons. The maximum absolute atomic E-state index is 12.1. The van der Waals surface area contributed by atoms with Gasteiger partial charge in [0.1, 0.15) is 11.7 Å². The Bertz CT molecular complexity index is 621. The van der Waals surface area contributed by atoms with Crippen LogP contribution in [0, 0.1) is 16.7 Å². The fraction of sp³-hybridized carbons (Fsp3) is 0.684. The molecule has 0 aromatic rings. The molecule has 2 aliphatic carbocycles. The zero-order valence-corrected chi connectivity index (χ0v) is 14.5. The summed E-state index contributed by atoms with van der Waals surface area (Å²) in [6, 6.07) is 0. The van der Waals surface area contributed by atoms with Crippen molar-refractivity contribution in [3.8, 4) is 0 Å². The first-order chi connectivity index (χ1) is 10.6. The summed E-state index contributed by atoms with van der Waals surface area (Å²) in [5, 5.41) is 0. The maximum Gasteiger partial charge on any atom is 0.334 e. The molecule has 1 heterocycles. The van der Waals surface area contributed by atoms with E-state index in [4.69, 9.17) is 9.47 Å². The third-order valence-electron chi connectivity index (χ3n) is 7.15. The number of hydrogen-bond donors (Lipinski definition) is 0. The van der Waals surface area contributed by atoms with Gasteiger partial charge in [-0.25, -0.2) is 4.79 Å². The van der Waals surface area contributed by atoms with Gasteiger partial charge in [-0.3, -0.25) is 4.79 Å². The molecule has 126 valence electrons. The van der Waals surface area contributed by atoms with Crippen molar-refractivity contribution in [1.82, 2.24) is 0 Å². The van der Waals surface area contributed by atoms with Crippen LogP contribution in [-0.4, -0.2) is 23.6 Å². The summed E-state index contributed by atoms with van der Waals surface area (Å²) in [7, 11) is 0. The zero-order valence-electron chi connectivity index (χ0n) is 14.5. The second-order valence-electron chi connectivity index (χ2n) is 7.96. The van der Waals surface area contributed by atoms with Gasteiger partial charge >= 0.3 is 11.9 Å². The summed E-state index contributed by atoms with van der Waals surface area (Å²) in [6.45, 7) is 16.0. The van der Waals surface area contributed by atoms with Crippen LogP contribution >= 0.6 is 0 Å². The van der Waals surface area contributed by atoms with E-state index in [1.54, 1.807) is 0 Å². The van der Waals surface area contributed by atoms with E-state index in [1.165, 1.54) is 6.92 Å². The minimum Gasteiger partial charge on any atom is -0.459 e. The molecule has 0 bridgehead atoms. The molecule has 0 amide bonds. The van der Waals surface area contributed by atoms with Gasteiger partial charge in [0.25, 0.3) is 0 Å². The Labute approximate surface area is 137 Å². The molecule has 3 fully saturated rings. The summed E-state index contributed by atoms with van der Waals surface area (Å²) >= 11 is 0. The van der Waals surface area contributed by atoms with E-state index in [1.807, 2.05) is 6.92 Å². The van der Waals surface area contributed by atoms with Gasteiger partial charge in [-0.1, -0.05) is 32.6 Å². The van der Waals surface area contributed by atoms with Crippen LogP contribution in [0.4, 0.5) is 0 Å². The molecule has 1 aliphatic heterocycles. The average Bonchev–Trinajstić information content (AvgIpc) is 2.85. The molecular formula is C19H26O4. The van der Waals surface area contributed by atoms with Gasteiger partial charge in [-0.2, -0.15) is 0 Å². The largest absolute Gasteiger partial charge is 0.459 e. The van der Waals surface area contributed by atoms with Crippen LogP contribution in [0.25, 0.3) is 0 Å². The first-order valence-electron chi connectivity index (χ1n) is 8.34. The lowest BCUT2D eigenvalue weighted by molar-refractivity contribution is -0.188. The molecule has 3 rings (SSSR count). The van der Waals surface area contributed by atoms with Crippen LogP contribution in [0.1, 0.15) is 53.4 Å². The third kappa shape index (κ3) is 1.84. The molecule has 4 nitrogen and oxygen atoms in total. The van der Waals surface area contributed by atoms with Crippen molar-refractivity contribution in [1.29, 1.82) is 0 Å². The summed E-state index contributed by atoms with van der Waals surface area (Å²) in [5.74, 6) is -0.588. The molecule has 23 heavy (non-hydrogen) atoms. The highest BCUT2D eigenvalue weighted by atomic mass is 16.6. The monoisotopic (exact) mass is 318 g/mol. The fourth-order valence-corrected chi connectivity index (χ4v) is 5.28. The van der Waals surface area contributed by atoms with Crippen molar-refractivity contribution in [2.24, 2.45) is 16.7 Å². The quantitative estimate of drug-likeness (QED) is 0.421. The van der Waals surface area contributed by atoms with Crippen molar-refractivity contribution in [2.45, 2.75) is 65.1 Å². The summed E-state index contributed by atoms with van der Waals surface area (Å²) in [5.41, 5.74) is 0.271. The molecule has 1 unspecified atom stereocenters. The summed E-state index contributed by atoms with van der Waals surface area (Å²) < 4.78 is 11.6. The van der Waals surface area contributed by atoms with Crippen LogP contribution < -0.4 is 0 Å². The number of carbonyl (C=O) groups is 2. The number of esters is 2. The van der Waals surface area contributed by atoms with Gasteiger partial charge < -0.3 is 9.47 Å². The smallest absolute Gasteiger partial charge is 0.334 e. The van der Waals surface area contributed by atoms with Crippen molar-refractivity contribution in [3.05, 3.63) is 24.3 Å². The molecule has 0 spiro atoms. The molecule has 4 heteroatoms. The van der Waals surface area contributed by atoms with Crippen molar-refractivity contribution in [3.63, 3.8) is 0 Å². The first-order valence-corrected chi connectivity index (χ1v) is 8.34. The van der Waals surface area contributed by atoms with Crippen LogP contribution in [0.15, 0.2) is 24.3 Å². The van der Waals surface area contributed by atoms with Crippen molar-refractivity contribution < 1.29 is 19.1 Å². The van der Waals surface area contributed by atoms with E-state index in [0.29, 0.717) is 12.0 Å². The number of ether oxygens (including phenoxy) is 2. The number of carbonyl (C=O) groups excluding carboxylic acids is 2. The Morgan fingerprint density at radius 1 is 1.26 bits per heavy atom. The second-order valence-corrected chi connectivity index (χ2v) is 7.96. The predicted octanol–water partition coefficient (Wildman–Crippen LogP) is 3.56. The van der Waals surface area contributed by atoms with E-state index < -0.39 is 11.0 Å². The van der Waals surface area contributed by atoms with Crippen LogP contribution in [0.5, 0.6) is 0 Å². The van der Waals surface area contributed by atoms with Gasteiger partial charge in [0.15, 0.2) is 0 Å². The summed E-state index contributed by atoms with van der Waals surface area (Å²) in [4.78, 5) is 23.9. The Kier molecular flexibility index (Phi) is 3.34. The number of fused-ring (bicyclic) bond motifs is 3. The Hall–Kier alpha value is -1.58.